The maximum Gasteiger partial charge on any atom is -0.0135 e. The molecule has 140 valence electrons. The molecule has 4 aliphatic carbocycles. The number of fused-ring (bicyclic) bond motifs is 3. The average molecular weight is 341 g/mol. The van der Waals surface area contributed by atoms with Crippen LogP contribution in [0.5, 0.6) is 0 Å². The highest BCUT2D eigenvalue weighted by Gasteiger charge is 2.52. The van der Waals surface area contributed by atoms with Gasteiger partial charge in [-0.3, -0.25) is 0 Å². The van der Waals surface area contributed by atoms with Crippen LogP contribution in [0.3, 0.4) is 0 Å². The summed E-state index contributed by atoms with van der Waals surface area (Å²) < 4.78 is 0. The van der Waals surface area contributed by atoms with E-state index in [1.54, 1.807) is 5.57 Å². The van der Waals surface area contributed by atoms with Crippen LogP contribution in [-0.4, -0.2) is 0 Å². The van der Waals surface area contributed by atoms with Crippen LogP contribution in [0.1, 0.15) is 86.5 Å². The van der Waals surface area contributed by atoms with Crippen molar-refractivity contribution in [2.45, 2.75) is 86.5 Å². The quantitative estimate of drug-likeness (QED) is 0.436. The van der Waals surface area contributed by atoms with E-state index >= 15 is 0 Å². The summed E-state index contributed by atoms with van der Waals surface area (Å²) in [6, 6.07) is 0. The van der Waals surface area contributed by atoms with E-state index in [9.17, 15) is 0 Å². The van der Waals surface area contributed by atoms with Gasteiger partial charge in [0.2, 0.25) is 0 Å². The molecule has 0 aromatic rings. The molecule has 0 nitrogen and oxygen atoms in total. The van der Waals surface area contributed by atoms with Crippen LogP contribution < -0.4 is 0 Å². The molecule has 0 bridgehead atoms. The Morgan fingerprint density at radius 2 is 1.84 bits per heavy atom. The van der Waals surface area contributed by atoms with Gasteiger partial charge in [-0.1, -0.05) is 50.5 Å². The zero-order valence-electron chi connectivity index (χ0n) is 17.6. The fourth-order valence-corrected chi connectivity index (χ4v) is 7.63. The van der Waals surface area contributed by atoms with Crippen LogP contribution in [0.25, 0.3) is 0 Å². The van der Waals surface area contributed by atoms with E-state index in [1.165, 1.54) is 44.9 Å². The van der Waals surface area contributed by atoms with Crippen molar-refractivity contribution < 1.29 is 0 Å². The molecule has 0 N–H and O–H groups in total. The second-order valence-electron chi connectivity index (χ2n) is 10.9. The van der Waals surface area contributed by atoms with Crippen LogP contribution in [0.2, 0.25) is 0 Å². The summed E-state index contributed by atoms with van der Waals surface area (Å²) in [5, 5.41) is 0. The summed E-state index contributed by atoms with van der Waals surface area (Å²) in [6.07, 6.45) is 12.7. The first-order valence-electron chi connectivity index (χ1n) is 11.2. The third-order valence-corrected chi connectivity index (χ3v) is 9.34. The third-order valence-electron chi connectivity index (χ3n) is 9.34. The predicted octanol–water partition coefficient (Wildman–Crippen LogP) is 7.41. The molecule has 0 aromatic carbocycles. The maximum absolute atomic E-state index is 2.66. The number of allylic oxidation sites excluding steroid dienone is 4. The average Bonchev–Trinajstić information content (AvgIpc) is 3.09. The highest BCUT2D eigenvalue weighted by Crippen LogP contribution is 2.62. The van der Waals surface area contributed by atoms with Gasteiger partial charge < -0.3 is 0 Å². The van der Waals surface area contributed by atoms with Crippen molar-refractivity contribution >= 4 is 0 Å². The molecular weight excluding hydrogens is 300 g/mol. The minimum atomic E-state index is 0.609. The lowest BCUT2D eigenvalue weighted by atomic mass is 9.56. The van der Waals surface area contributed by atoms with Gasteiger partial charge in [-0.05, 0) is 106 Å². The van der Waals surface area contributed by atoms with Gasteiger partial charge in [0.1, 0.15) is 0 Å². The van der Waals surface area contributed by atoms with Gasteiger partial charge in [0, 0.05) is 0 Å². The van der Waals surface area contributed by atoms with Crippen molar-refractivity contribution in [3.8, 4) is 0 Å². The second-order valence-corrected chi connectivity index (χ2v) is 10.9. The topological polar surface area (TPSA) is 0 Å². The van der Waals surface area contributed by atoms with E-state index in [-0.39, 0.29) is 0 Å². The van der Waals surface area contributed by atoms with Crippen molar-refractivity contribution in [2.75, 3.05) is 0 Å². The number of hydrogen-bond donors (Lipinski definition) is 0. The van der Waals surface area contributed by atoms with Crippen LogP contribution in [-0.2, 0) is 0 Å². The van der Waals surface area contributed by atoms with Crippen molar-refractivity contribution in [1.82, 2.24) is 0 Å². The van der Waals surface area contributed by atoms with Crippen LogP contribution >= 0.6 is 0 Å². The third kappa shape index (κ3) is 2.78. The molecule has 25 heavy (non-hydrogen) atoms. The Balaban J connectivity index is 1.72. The molecule has 0 aromatic heterocycles. The lowest BCUT2D eigenvalue weighted by Gasteiger charge is -2.49. The Bertz CT molecular complexity index is 591. The van der Waals surface area contributed by atoms with E-state index in [0.717, 1.165) is 41.4 Å². The predicted molar refractivity (Wildman–Crippen MR) is 108 cm³/mol. The molecular formula is C25H40. The van der Waals surface area contributed by atoms with Gasteiger partial charge in [0.15, 0.2) is 0 Å². The highest BCUT2D eigenvalue weighted by atomic mass is 14.6. The minimum absolute atomic E-state index is 0.609. The molecule has 0 heterocycles. The molecule has 0 saturated heterocycles. The van der Waals surface area contributed by atoms with Crippen molar-refractivity contribution in [1.29, 1.82) is 0 Å². The highest BCUT2D eigenvalue weighted by molar-refractivity contribution is 5.30. The molecule has 4 rings (SSSR count). The van der Waals surface area contributed by atoms with Crippen molar-refractivity contribution in [2.24, 2.45) is 46.8 Å². The fourth-order valence-electron chi connectivity index (χ4n) is 7.63. The first-order valence-corrected chi connectivity index (χ1v) is 11.2. The molecule has 0 aliphatic heterocycles. The van der Waals surface area contributed by atoms with E-state index in [0.29, 0.717) is 5.41 Å². The minimum Gasteiger partial charge on any atom is -0.0847 e. The van der Waals surface area contributed by atoms with Gasteiger partial charge in [-0.15, -0.1) is 0 Å². The molecule has 4 aliphatic rings. The van der Waals surface area contributed by atoms with Crippen molar-refractivity contribution in [3.05, 3.63) is 22.8 Å². The Kier molecular flexibility index (Phi) is 4.49. The van der Waals surface area contributed by atoms with E-state index < -0.39 is 0 Å². The van der Waals surface area contributed by atoms with Crippen LogP contribution in [0.15, 0.2) is 22.8 Å². The van der Waals surface area contributed by atoms with E-state index in [2.05, 4.69) is 47.6 Å². The largest absolute Gasteiger partial charge is 0.0847 e. The molecule has 0 heteroatoms. The molecule has 0 radical (unpaired) electrons. The number of rotatable bonds is 1. The summed E-state index contributed by atoms with van der Waals surface area (Å²) in [4.78, 5) is 0. The summed E-state index contributed by atoms with van der Waals surface area (Å²) in [5.41, 5.74) is 6.06. The zero-order valence-corrected chi connectivity index (χ0v) is 17.6. The fraction of sp³-hybridized carbons (Fsp3) is 0.840. The number of hydrogen-bond acceptors (Lipinski definition) is 0. The summed E-state index contributed by atoms with van der Waals surface area (Å²) in [7, 11) is 0. The molecule has 7 atom stereocenters. The summed E-state index contributed by atoms with van der Waals surface area (Å²) >= 11 is 0. The van der Waals surface area contributed by atoms with E-state index in [1.807, 2.05) is 11.1 Å². The van der Waals surface area contributed by atoms with Crippen LogP contribution in [0, 0.1) is 46.8 Å². The van der Waals surface area contributed by atoms with Gasteiger partial charge in [-0.2, -0.15) is 0 Å². The van der Waals surface area contributed by atoms with E-state index in [4.69, 9.17) is 0 Å². The molecule has 3 saturated carbocycles. The summed E-state index contributed by atoms with van der Waals surface area (Å²) in [5.74, 6) is 6.22. The Morgan fingerprint density at radius 3 is 2.56 bits per heavy atom. The molecule has 0 amide bonds. The van der Waals surface area contributed by atoms with Crippen molar-refractivity contribution in [3.63, 3.8) is 0 Å². The second kappa shape index (κ2) is 6.28. The summed E-state index contributed by atoms with van der Waals surface area (Å²) in [6.45, 7) is 15.1. The SMILES string of the molecule is CC1=CC[C@@H]2C(=C(C)[C@H]3C[C@H]4[C@H](C(C)C)CC[C@]4(C)C[C@H]13)CC[C@@H]2C. The molecule has 0 spiro atoms. The Labute approximate surface area is 156 Å². The molecule has 0 unspecified atom stereocenters. The van der Waals surface area contributed by atoms with Gasteiger partial charge in [0.25, 0.3) is 0 Å². The Morgan fingerprint density at radius 1 is 1.08 bits per heavy atom. The zero-order chi connectivity index (χ0) is 17.9. The normalized spacial score (nSPS) is 47.1. The maximum atomic E-state index is 2.66. The van der Waals surface area contributed by atoms with Crippen LogP contribution in [0.4, 0.5) is 0 Å². The van der Waals surface area contributed by atoms with Gasteiger partial charge >= 0.3 is 0 Å². The molecule has 3 fully saturated rings. The standard InChI is InChI=1S/C25H40/c1-15(2)19-11-12-25(6)14-23-17(4)7-9-20-16(3)8-10-21(20)18(5)22(23)13-24(19)25/h7,15-16,19-20,22-24H,8-14H2,1-6H3/t16-,19-,20-,22+,23+,24-,25+/m0/s1. The van der Waals surface area contributed by atoms with Gasteiger partial charge in [-0.25, -0.2) is 0 Å². The first-order chi connectivity index (χ1) is 11.8. The monoisotopic (exact) mass is 340 g/mol. The van der Waals surface area contributed by atoms with Gasteiger partial charge in [0.05, 0.1) is 0 Å². The lowest BCUT2D eigenvalue weighted by molar-refractivity contribution is 0.0527. The first kappa shape index (κ1) is 17.9. The lowest BCUT2D eigenvalue weighted by Crippen LogP contribution is -2.40. The smallest absolute Gasteiger partial charge is 0.0135 e. The Hall–Kier alpha value is -0.520.